The van der Waals surface area contributed by atoms with Gasteiger partial charge in [-0.15, -0.1) is 48.1 Å². The number of ether oxygens (including phenoxy) is 1. The second kappa shape index (κ2) is 17.8. The largest absolute Gasteiger partial charge is 0.509 e. The van der Waals surface area contributed by atoms with Gasteiger partial charge in [-0.05, 0) is 79.9 Å². The van der Waals surface area contributed by atoms with Gasteiger partial charge in [0.15, 0.2) is 0 Å². The molecule has 0 saturated heterocycles. The zero-order chi connectivity index (χ0) is 54.6. The number of anilines is 4. The third-order valence-electron chi connectivity index (χ3n) is 12.3. The van der Waals surface area contributed by atoms with Gasteiger partial charge in [-0.2, -0.15) is 12.1 Å². The number of pyridine rings is 1. The second-order valence-corrected chi connectivity index (χ2v) is 18.7. The van der Waals surface area contributed by atoms with Crippen LogP contribution in [0, 0.1) is 18.8 Å². The van der Waals surface area contributed by atoms with E-state index < -0.39 is 60.4 Å². The van der Waals surface area contributed by atoms with Gasteiger partial charge in [0.1, 0.15) is 5.82 Å². The fourth-order valence-electron chi connectivity index (χ4n) is 8.78. The predicted octanol–water partition coefficient (Wildman–Crippen LogP) is 16.6. The van der Waals surface area contributed by atoms with Gasteiger partial charge in [0.05, 0.1) is 13.7 Å². The minimum Gasteiger partial charge on any atom is -0.509 e. The Balaban J connectivity index is 0.00000688. The van der Waals surface area contributed by atoms with Gasteiger partial charge < -0.3 is 19.1 Å². The molecule has 8 aromatic carbocycles. The van der Waals surface area contributed by atoms with Gasteiger partial charge >= 0.3 is 0 Å². The minimum atomic E-state index is -0.566. The third kappa shape index (κ3) is 8.30. The molecule has 0 unspecified atom stereocenters. The van der Waals surface area contributed by atoms with Crippen molar-refractivity contribution in [3.63, 3.8) is 0 Å². The van der Waals surface area contributed by atoms with Crippen molar-refractivity contribution in [2.24, 2.45) is 0 Å². The topological polar surface area (TPSA) is 33.5 Å². The monoisotopic (exact) mass is 1070 g/mol. The number of aromatic nitrogens is 2. The van der Waals surface area contributed by atoms with E-state index >= 15 is 0 Å². The van der Waals surface area contributed by atoms with E-state index in [2.05, 4.69) is 107 Å². The van der Waals surface area contributed by atoms with Crippen molar-refractivity contribution < 1.29 is 39.5 Å². The second-order valence-electron chi connectivity index (χ2n) is 18.7. The quantitative estimate of drug-likeness (QED) is 0.142. The zero-order valence-corrected chi connectivity index (χ0v) is 40.6. The molecule has 0 radical (unpaired) electrons. The van der Waals surface area contributed by atoms with Crippen LogP contribution >= 0.6 is 0 Å². The van der Waals surface area contributed by atoms with E-state index in [1.165, 1.54) is 5.56 Å². The van der Waals surface area contributed by atoms with E-state index in [1.54, 1.807) is 35.8 Å². The van der Waals surface area contributed by atoms with E-state index in [4.69, 9.17) is 23.4 Å². The molecule has 0 fully saturated rings. The van der Waals surface area contributed by atoms with Crippen LogP contribution in [0.15, 0.2) is 194 Å². The van der Waals surface area contributed by atoms with Crippen molar-refractivity contribution in [1.82, 2.24) is 9.55 Å². The Bertz CT molecular complexity index is 3910. The fraction of sp³-hybridized carbons (Fsp3) is 0.129. The van der Waals surface area contributed by atoms with Crippen molar-refractivity contribution in [2.75, 3.05) is 9.80 Å². The van der Waals surface area contributed by atoms with Crippen LogP contribution in [-0.4, -0.2) is 9.55 Å². The molecule has 11 rings (SSSR count). The molecule has 0 saturated carbocycles. The smallest absolute Gasteiger partial charge is 0.135 e. The summed E-state index contributed by atoms with van der Waals surface area (Å²) in [5, 5.41) is 2.00. The van der Waals surface area contributed by atoms with Crippen LogP contribution < -0.4 is 14.5 Å². The summed E-state index contributed by atoms with van der Waals surface area (Å²) in [4.78, 5) is 8.52. The predicted molar refractivity (Wildman–Crippen MR) is 278 cm³/mol. The molecule has 0 N–H and O–H groups in total. The van der Waals surface area contributed by atoms with E-state index in [1.807, 2.05) is 65.7 Å². The van der Waals surface area contributed by atoms with Crippen molar-refractivity contribution in [3.05, 3.63) is 224 Å². The Morgan fingerprint density at radius 3 is 1.82 bits per heavy atom. The number of hydrogen-bond donors (Lipinski definition) is 0. The minimum absolute atomic E-state index is 0. The Morgan fingerprint density at radius 1 is 0.544 bits per heavy atom. The van der Waals surface area contributed by atoms with Gasteiger partial charge in [-0.1, -0.05) is 174 Å². The summed E-state index contributed by atoms with van der Waals surface area (Å²) in [5.41, 5.74) is 8.35. The van der Waals surface area contributed by atoms with E-state index in [-0.39, 0.29) is 59.8 Å². The first-order valence-corrected chi connectivity index (χ1v) is 22.2. The Kier molecular flexibility index (Phi) is 8.93. The molecule has 0 atom stereocenters. The maximum Gasteiger partial charge on any atom is 0.135 e. The number of para-hydroxylation sites is 3. The summed E-state index contributed by atoms with van der Waals surface area (Å²) in [6.07, 6.45) is 1.85. The average molecular weight is 1070 g/mol. The zero-order valence-electron chi connectivity index (χ0n) is 48.3. The van der Waals surface area contributed by atoms with Gasteiger partial charge in [0, 0.05) is 72.5 Å². The van der Waals surface area contributed by atoms with Crippen LogP contribution in [0.4, 0.5) is 22.7 Å². The molecule has 0 bridgehead atoms. The molecular weight excluding hydrogens is 1010 g/mol. The number of nitrogens with zero attached hydrogens (tertiary/aromatic N) is 4. The van der Waals surface area contributed by atoms with Crippen LogP contribution in [0.3, 0.4) is 0 Å². The molecule has 3 heterocycles. The summed E-state index contributed by atoms with van der Waals surface area (Å²) >= 11 is 0. The number of hydrogen-bond acceptors (Lipinski definition) is 4. The summed E-state index contributed by atoms with van der Waals surface area (Å²) in [6, 6.07) is 43.0. The Morgan fingerprint density at radius 2 is 1.16 bits per heavy atom. The van der Waals surface area contributed by atoms with E-state index in [0.29, 0.717) is 28.6 Å². The van der Waals surface area contributed by atoms with Crippen molar-refractivity contribution in [1.29, 1.82) is 0 Å². The molecule has 6 heteroatoms. The summed E-state index contributed by atoms with van der Waals surface area (Å²) in [7, 11) is 0. The maximum absolute atomic E-state index is 9.06. The molecule has 2 aromatic heterocycles. The molecule has 1 aliphatic heterocycles. The van der Waals surface area contributed by atoms with E-state index in [9.17, 15) is 0 Å². The first-order valence-electron chi connectivity index (χ1n) is 27.2. The van der Waals surface area contributed by atoms with Gasteiger partial charge in [-0.3, -0.25) is 0 Å². The van der Waals surface area contributed by atoms with Crippen molar-refractivity contribution in [3.8, 4) is 50.7 Å². The Labute approximate surface area is 428 Å². The molecule has 338 valence electrons. The number of fused-ring (bicyclic) bond motifs is 4. The number of benzene rings is 8. The van der Waals surface area contributed by atoms with Crippen molar-refractivity contribution >= 4 is 44.6 Å². The fourth-order valence-corrected chi connectivity index (χ4v) is 8.78. The Hall–Kier alpha value is -7.20. The van der Waals surface area contributed by atoms with Crippen LogP contribution in [0.1, 0.15) is 66.4 Å². The van der Waals surface area contributed by atoms with E-state index in [0.717, 1.165) is 44.3 Å². The molecular formula is C62H51N4OPt-3. The molecule has 68 heavy (non-hydrogen) atoms. The average Bonchev–Trinajstić information content (AvgIpc) is 4.09. The normalized spacial score (nSPS) is 14.7. The van der Waals surface area contributed by atoms with Crippen LogP contribution in [0.25, 0.3) is 61.0 Å². The molecule has 1 aliphatic rings. The standard InChI is InChI=1S/C62H51N4O.Pt/c1-61(2,3)46-30-27-42(28-31-46)45-29-34-55-54(37-45)53-33-32-50(40-58(53)66(55)59-38-47(35-36-63-59)62(4,5)6)67-49-22-15-21-48(39-49)64-41-65(57-26-14-13-25-56(57)64)60-51(43-17-9-7-10-18-43)23-16-24-52(60)44-19-11-8-12-20-44;/h7-38,41H,1-6H3;/q-3;/i7D,8D,9D,10D,11D,12D,17D,18D,19D,20D;. The molecule has 0 aliphatic carbocycles. The van der Waals surface area contributed by atoms with Crippen LogP contribution in [-0.2, 0) is 31.9 Å². The molecule has 0 amide bonds. The van der Waals surface area contributed by atoms with Crippen LogP contribution in [0.5, 0.6) is 11.5 Å². The summed E-state index contributed by atoms with van der Waals surface area (Å²) < 4.78 is 96.2. The molecule has 5 nitrogen and oxygen atoms in total. The molecule has 0 spiro atoms. The third-order valence-corrected chi connectivity index (χ3v) is 12.3. The first kappa shape index (κ1) is 34.1. The summed E-state index contributed by atoms with van der Waals surface area (Å²) in [5.74, 6) is 1.55. The van der Waals surface area contributed by atoms with Gasteiger partial charge in [-0.25, -0.2) is 4.98 Å². The van der Waals surface area contributed by atoms with Crippen molar-refractivity contribution in [2.45, 2.75) is 52.4 Å². The maximum atomic E-state index is 9.06. The first-order chi connectivity index (χ1) is 36.6. The number of rotatable bonds is 8. The molecule has 10 aromatic rings. The summed E-state index contributed by atoms with van der Waals surface area (Å²) in [6.45, 7) is 14.9. The van der Waals surface area contributed by atoms with Crippen LogP contribution in [0.2, 0.25) is 0 Å². The van der Waals surface area contributed by atoms with Gasteiger partial charge in [0.2, 0.25) is 0 Å². The SMILES string of the molecule is [2H]c1c([2H])c([2H])c(-c2cccc(-c3c([2H])c([2H])c([2H])c([2H])c3[2H])c2N2[CH-]N(c3[c-]c(Oc4[c-]c5c(cc4)c4cc(-c6ccc(C(C)(C)C)cc6)ccc4n5-c4cc(C(C)(C)C)ccn4)ccc3)c3ccccc32)c([2H])c1[2H].[Pt]. The van der Waals surface area contributed by atoms with Gasteiger partial charge in [0.25, 0.3) is 0 Å².